The van der Waals surface area contributed by atoms with Crippen LogP contribution in [0.3, 0.4) is 0 Å². The van der Waals surface area contributed by atoms with Gasteiger partial charge in [0, 0.05) is 12.1 Å². The molecule has 0 unspecified atom stereocenters. The Balaban J connectivity index is 1.57. The summed E-state index contributed by atoms with van der Waals surface area (Å²) < 4.78 is 31.3. The number of furan rings is 1. The number of nitro groups is 1. The van der Waals surface area contributed by atoms with E-state index < -0.39 is 38.3 Å². The fraction of sp³-hybridized carbons (Fsp3) is 0.0800. The van der Waals surface area contributed by atoms with Crippen molar-refractivity contribution in [1.29, 1.82) is 0 Å². The first-order valence-electron chi connectivity index (χ1n) is 11.0. The Bertz CT molecular complexity index is 1700. The second kappa shape index (κ2) is 9.36. The fourth-order valence-electron chi connectivity index (χ4n) is 3.99. The Morgan fingerprint density at radius 1 is 1.13 bits per heavy atom. The number of aromatic nitrogens is 1. The van der Waals surface area contributed by atoms with Gasteiger partial charge in [0.25, 0.3) is 11.6 Å². The van der Waals surface area contributed by atoms with Gasteiger partial charge in [-0.05, 0) is 36.8 Å². The minimum atomic E-state index is -4.14. The number of rotatable bonds is 7. The Morgan fingerprint density at radius 2 is 1.82 bits per heavy atom. The summed E-state index contributed by atoms with van der Waals surface area (Å²) >= 11 is 0.661. The van der Waals surface area contributed by atoms with Gasteiger partial charge in [-0.2, -0.15) is 0 Å². The van der Waals surface area contributed by atoms with E-state index in [2.05, 4.69) is 4.98 Å². The number of amides is 1. The van der Waals surface area contributed by atoms with Crippen LogP contribution in [0.4, 0.5) is 10.8 Å². The molecule has 13 heteroatoms. The van der Waals surface area contributed by atoms with Gasteiger partial charge < -0.3 is 9.52 Å². The minimum absolute atomic E-state index is 0.0742. The number of ketones is 1. The highest BCUT2D eigenvalue weighted by molar-refractivity contribution is 7.93. The van der Waals surface area contributed by atoms with Gasteiger partial charge in [0.2, 0.25) is 15.6 Å². The van der Waals surface area contributed by atoms with E-state index in [0.717, 1.165) is 40.9 Å². The van der Waals surface area contributed by atoms with Crippen molar-refractivity contribution >= 4 is 43.7 Å². The van der Waals surface area contributed by atoms with Crippen LogP contribution in [-0.4, -0.2) is 35.1 Å². The van der Waals surface area contributed by atoms with Crippen LogP contribution in [0.15, 0.2) is 98.0 Å². The number of Topliss-reactive ketones (excluding diaryl/α,β-unsaturated/α-hetero) is 1. The molecular weight excluding hydrogens is 534 g/mol. The summed E-state index contributed by atoms with van der Waals surface area (Å²) in [6.45, 7) is 1.86. The van der Waals surface area contributed by atoms with Crippen molar-refractivity contribution in [2.75, 3.05) is 4.90 Å². The molecule has 3 heterocycles. The molecule has 0 fully saturated rings. The number of carbonyl (C=O) groups excluding carboxylic acids is 2. The van der Waals surface area contributed by atoms with E-state index in [0.29, 0.717) is 16.9 Å². The lowest BCUT2D eigenvalue weighted by Gasteiger charge is -2.24. The van der Waals surface area contributed by atoms with Crippen LogP contribution in [0.5, 0.6) is 0 Å². The maximum absolute atomic E-state index is 13.3. The zero-order valence-corrected chi connectivity index (χ0v) is 21.1. The van der Waals surface area contributed by atoms with Gasteiger partial charge in [0.05, 0.1) is 33.9 Å². The number of sulfone groups is 1. The zero-order valence-electron chi connectivity index (χ0n) is 19.5. The maximum Gasteiger partial charge on any atom is 0.296 e. The third-order valence-corrected chi connectivity index (χ3v) is 9.12. The third kappa shape index (κ3) is 4.17. The van der Waals surface area contributed by atoms with Crippen molar-refractivity contribution in [3.63, 3.8) is 0 Å². The molecule has 1 atom stereocenters. The van der Waals surface area contributed by atoms with Crippen molar-refractivity contribution in [2.24, 2.45) is 0 Å². The second-order valence-corrected chi connectivity index (χ2v) is 11.5. The molecule has 192 valence electrons. The van der Waals surface area contributed by atoms with E-state index in [1.54, 1.807) is 24.3 Å². The number of thiazole rings is 1. The highest BCUT2D eigenvalue weighted by Crippen LogP contribution is 2.44. The lowest BCUT2D eigenvalue weighted by molar-refractivity contribution is -0.384. The standard InChI is InChI=1S/C25H17N3O8S2/c1-14-4-6-15(7-5-14)21-20(22(29)18-3-2-12-36-18)23(30)24(31)27(21)25-26-13-19(37-25)38(34,35)17-10-8-16(9-11-17)28(32)33/h2-13,21,30H,1H3/t21-/m0/s1. The van der Waals surface area contributed by atoms with Crippen LogP contribution < -0.4 is 4.90 Å². The lowest BCUT2D eigenvalue weighted by Crippen LogP contribution is -2.30. The summed E-state index contributed by atoms with van der Waals surface area (Å²) in [5.41, 5.74) is 0.900. The van der Waals surface area contributed by atoms with Crippen molar-refractivity contribution in [1.82, 2.24) is 4.98 Å². The summed E-state index contributed by atoms with van der Waals surface area (Å²) in [6, 6.07) is 13.1. The molecular formula is C25H17N3O8S2. The average molecular weight is 552 g/mol. The summed E-state index contributed by atoms with van der Waals surface area (Å²) in [4.78, 5) is 41.8. The first-order chi connectivity index (χ1) is 18.1. The highest BCUT2D eigenvalue weighted by Gasteiger charge is 2.46. The summed E-state index contributed by atoms with van der Waals surface area (Å²) in [5, 5.41) is 21.6. The Morgan fingerprint density at radius 3 is 2.42 bits per heavy atom. The Kier molecular flexibility index (Phi) is 6.17. The molecule has 11 nitrogen and oxygen atoms in total. The number of carbonyl (C=O) groups is 2. The number of non-ortho nitro benzene ring substituents is 1. The van der Waals surface area contributed by atoms with Gasteiger partial charge in [-0.25, -0.2) is 13.4 Å². The summed E-state index contributed by atoms with van der Waals surface area (Å²) in [5.74, 6) is -2.52. The Hall–Kier alpha value is -4.62. The van der Waals surface area contributed by atoms with Gasteiger partial charge in [-0.15, -0.1) is 0 Å². The molecule has 4 aromatic rings. The number of aliphatic hydroxyl groups excluding tert-OH is 1. The number of nitro benzene ring substituents is 1. The van der Waals surface area contributed by atoms with Gasteiger partial charge >= 0.3 is 0 Å². The molecule has 2 aromatic heterocycles. The van der Waals surface area contributed by atoms with Crippen molar-refractivity contribution < 1.29 is 32.5 Å². The van der Waals surface area contributed by atoms with Crippen LogP contribution in [0.1, 0.15) is 27.7 Å². The predicted octanol–water partition coefficient (Wildman–Crippen LogP) is 4.57. The molecule has 1 amide bonds. The molecule has 5 rings (SSSR count). The monoisotopic (exact) mass is 551 g/mol. The first kappa shape index (κ1) is 25.0. The molecule has 1 aliphatic heterocycles. The van der Waals surface area contributed by atoms with E-state index >= 15 is 0 Å². The molecule has 1 N–H and O–H groups in total. The lowest BCUT2D eigenvalue weighted by atomic mass is 9.95. The third-order valence-electron chi connectivity index (χ3n) is 5.89. The number of anilines is 1. The van der Waals surface area contributed by atoms with Crippen molar-refractivity contribution in [3.8, 4) is 0 Å². The quantitative estimate of drug-likeness (QED) is 0.197. The van der Waals surface area contributed by atoms with Gasteiger partial charge in [0.1, 0.15) is 4.21 Å². The number of benzene rings is 2. The van der Waals surface area contributed by atoms with E-state index in [1.165, 1.54) is 18.4 Å². The SMILES string of the molecule is Cc1ccc([C@H]2C(C(=O)c3ccco3)=C(O)C(=O)N2c2ncc(S(=O)(=O)c3ccc([N+](=O)[O-])cc3)s2)cc1. The summed E-state index contributed by atoms with van der Waals surface area (Å²) in [6.07, 6.45) is 2.34. The minimum Gasteiger partial charge on any atom is -0.503 e. The number of nitrogens with zero attached hydrogens (tertiary/aromatic N) is 3. The largest absolute Gasteiger partial charge is 0.503 e. The number of aryl methyl sites for hydroxylation is 1. The molecule has 38 heavy (non-hydrogen) atoms. The molecule has 0 spiro atoms. The predicted molar refractivity (Wildman–Crippen MR) is 135 cm³/mol. The van der Waals surface area contributed by atoms with Crippen molar-refractivity contribution in [2.45, 2.75) is 22.1 Å². The normalized spacial score (nSPS) is 15.8. The van der Waals surface area contributed by atoms with E-state index in [1.807, 2.05) is 6.92 Å². The number of hydrogen-bond donors (Lipinski definition) is 1. The first-order valence-corrected chi connectivity index (χ1v) is 13.3. The molecule has 0 saturated heterocycles. The van der Waals surface area contributed by atoms with E-state index in [4.69, 9.17) is 4.42 Å². The van der Waals surface area contributed by atoms with Crippen LogP contribution in [0.25, 0.3) is 0 Å². The number of aliphatic hydroxyl groups is 1. The highest BCUT2D eigenvalue weighted by atomic mass is 32.2. The van der Waals surface area contributed by atoms with Crippen molar-refractivity contribution in [3.05, 3.63) is 111 Å². The average Bonchev–Trinajstić information content (AvgIpc) is 3.65. The Labute approximate surface area is 219 Å². The number of hydrogen-bond acceptors (Lipinski definition) is 10. The molecule has 1 aliphatic rings. The molecule has 2 aromatic carbocycles. The molecule has 0 bridgehead atoms. The summed E-state index contributed by atoms with van der Waals surface area (Å²) in [7, 11) is -4.14. The van der Waals surface area contributed by atoms with Gasteiger partial charge in [-0.3, -0.25) is 24.6 Å². The van der Waals surface area contributed by atoms with Crippen LogP contribution >= 0.6 is 11.3 Å². The zero-order chi connectivity index (χ0) is 27.2. The fourth-order valence-corrected chi connectivity index (χ4v) is 6.54. The molecule has 0 aliphatic carbocycles. The topological polar surface area (TPSA) is 161 Å². The van der Waals surface area contributed by atoms with Gasteiger partial charge in [-0.1, -0.05) is 41.2 Å². The molecule has 0 saturated carbocycles. The van der Waals surface area contributed by atoms with Crippen LogP contribution in [0, 0.1) is 17.0 Å². The molecule has 0 radical (unpaired) electrons. The van der Waals surface area contributed by atoms with Gasteiger partial charge in [0.15, 0.2) is 16.7 Å². The smallest absolute Gasteiger partial charge is 0.296 e. The van der Waals surface area contributed by atoms with E-state index in [9.17, 15) is 33.2 Å². The van der Waals surface area contributed by atoms with Crippen LogP contribution in [0.2, 0.25) is 0 Å². The van der Waals surface area contributed by atoms with Crippen LogP contribution in [-0.2, 0) is 14.6 Å². The maximum atomic E-state index is 13.3. The second-order valence-electron chi connectivity index (χ2n) is 8.27. The van der Waals surface area contributed by atoms with E-state index in [-0.39, 0.29) is 31.3 Å².